The van der Waals surface area contributed by atoms with Crippen molar-refractivity contribution in [2.75, 3.05) is 12.4 Å². The molecule has 0 spiro atoms. The molecule has 0 aromatic heterocycles. The van der Waals surface area contributed by atoms with Crippen LogP contribution in [0.25, 0.3) is 0 Å². The van der Waals surface area contributed by atoms with Crippen molar-refractivity contribution in [2.45, 2.75) is 6.92 Å². The van der Waals surface area contributed by atoms with Gasteiger partial charge in [0.2, 0.25) is 0 Å². The van der Waals surface area contributed by atoms with E-state index in [0.717, 1.165) is 11.4 Å². The van der Waals surface area contributed by atoms with Gasteiger partial charge in [-0.05, 0) is 49.4 Å². The summed E-state index contributed by atoms with van der Waals surface area (Å²) < 4.78 is 4.68. The fourth-order valence-electron chi connectivity index (χ4n) is 1.80. The van der Waals surface area contributed by atoms with E-state index in [1.54, 1.807) is 30.3 Å². The molecule has 4 heteroatoms. The monoisotopic (exact) mass is 269 g/mol. The molecule has 0 atom stereocenters. The summed E-state index contributed by atoms with van der Waals surface area (Å²) in [6.45, 7) is 1.53. The number of esters is 1. The highest BCUT2D eigenvalue weighted by Crippen LogP contribution is 2.18. The molecular formula is C16H15NO3. The van der Waals surface area contributed by atoms with E-state index >= 15 is 0 Å². The molecular weight excluding hydrogens is 254 g/mol. The van der Waals surface area contributed by atoms with Gasteiger partial charge < -0.3 is 10.1 Å². The molecule has 0 aliphatic heterocycles. The fourth-order valence-corrected chi connectivity index (χ4v) is 1.80. The van der Waals surface area contributed by atoms with Crippen molar-refractivity contribution in [3.63, 3.8) is 0 Å². The third-order valence-corrected chi connectivity index (χ3v) is 2.86. The van der Waals surface area contributed by atoms with Crippen LogP contribution in [0.2, 0.25) is 0 Å². The molecule has 0 unspecified atom stereocenters. The minimum atomic E-state index is -0.374. The molecule has 0 fully saturated rings. The Morgan fingerprint density at radius 1 is 0.950 bits per heavy atom. The van der Waals surface area contributed by atoms with Gasteiger partial charge in [0, 0.05) is 16.9 Å². The molecule has 0 heterocycles. The van der Waals surface area contributed by atoms with Gasteiger partial charge >= 0.3 is 5.97 Å². The average Bonchev–Trinajstić information content (AvgIpc) is 2.47. The third kappa shape index (κ3) is 3.23. The first-order valence-electron chi connectivity index (χ1n) is 6.16. The summed E-state index contributed by atoms with van der Waals surface area (Å²) in [6, 6.07) is 14.2. The SMILES string of the molecule is COC(=O)c1cccc(Nc2ccc(C(C)=O)cc2)c1. The quantitative estimate of drug-likeness (QED) is 0.682. The van der Waals surface area contributed by atoms with Crippen LogP contribution in [0, 0.1) is 0 Å². The summed E-state index contributed by atoms with van der Waals surface area (Å²) in [7, 11) is 1.35. The molecule has 2 aromatic rings. The van der Waals surface area contributed by atoms with E-state index in [1.807, 2.05) is 18.2 Å². The zero-order valence-corrected chi connectivity index (χ0v) is 11.3. The normalized spacial score (nSPS) is 9.90. The minimum absolute atomic E-state index is 0.0317. The highest BCUT2D eigenvalue weighted by atomic mass is 16.5. The van der Waals surface area contributed by atoms with Crippen molar-refractivity contribution in [1.82, 2.24) is 0 Å². The first kappa shape index (κ1) is 13.8. The second-order valence-corrected chi connectivity index (χ2v) is 4.33. The number of rotatable bonds is 4. The molecule has 4 nitrogen and oxygen atoms in total. The third-order valence-electron chi connectivity index (χ3n) is 2.86. The smallest absolute Gasteiger partial charge is 0.337 e. The first-order chi connectivity index (χ1) is 9.60. The van der Waals surface area contributed by atoms with E-state index in [9.17, 15) is 9.59 Å². The molecule has 102 valence electrons. The molecule has 0 radical (unpaired) electrons. The number of anilines is 2. The van der Waals surface area contributed by atoms with Crippen LogP contribution in [0.1, 0.15) is 27.6 Å². The van der Waals surface area contributed by atoms with Gasteiger partial charge in [0.25, 0.3) is 0 Å². The number of hydrogen-bond acceptors (Lipinski definition) is 4. The number of ketones is 1. The zero-order valence-electron chi connectivity index (χ0n) is 11.3. The van der Waals surface area contributed by atoms with E-state index in [1.165, 1.54) is 14.0 Å². The van der Waals surface area contributed by atoms with Crippen LogP contribution >= 0.6 is 0 Å². The standard InChI is InChI=1S/C16H15NO3/c1-11(18)12-6-8-14(9-7-12)17-15-5-3-4-13(10-15)16(19)20-2/h3-10,17H,1-2H3. The highest BCUT2D eigenvalue weighted by Gasteiger charge is 2.06. The van der Waals surface area contributed by atoms with Crippen molar-refractivity contribution < 1.29 is 14.3 Å². The van der Waals surface area contributed by atoms with Crippen LogP contribution in [-0.4, -0.2) is 18.9 Å². The van der Waals surface area contributed by atoms with Gasteiger partial charge in [0.05, 0.1) is 12.7 Å². The van der Waals surface area contributed by atoms with E-state index in [4.69, 9.17) is 0 Å². The lowest BCUT2D eigenvalue weighted by atomic mass is 10.1. The second kappa shape index (κ2) is 6.02. The number of hydrogen-bond donors (Lipinski definition) is 1. The average molecular weight is 269 g/mol. The van der Waals surface area contributed by atoms with Gasteiger partial charge in [-0.25, -0.2) is 4.79 Å². The summed E-state index contributed by atoms with van der Waals surface area (Å²) >= 11 is 0. The Morgan fingerprint density at radius 2 is 1.65 bits per heavy atom. The number of benzene rings is 2. The van der Waals surface area contributed by atoms with Gasteiger partial charge in [-0.1, -0.05) is 6.07 Å². The van der Waals surface area contributed by atoms with Crippen LogP contribution < -0.4 is 5.32 Å². The predicted octanol–water partition coefficient (Wildman–Crippen LogP) is 3.42. The molecule has 0 aliphatic rings. The maximum absolute atomic E-state index is 11.5. The summed E-state index contributed by atoms with van der Waals surface area (Å²) in [4.78, 5) is 22.6. The molecule has 20 heavy (non-hydrogen) atoms. The van der Waals surface area contributed by atoms with Crippen molar-refractivity contribution in [3.8, 4) is 0 Å². The Bertz CT molecular complexity index is 632. The van der Waals surface area contributed by atoms with E-state index < -0.39 is 0 Å². The topological polar surface area (TPSA) is 55.4 Å². The summed E-state index contributed by atoms with van der Waals surface area (Å²) in [5.41, 5.74) is 2.78. The molecule has 1 N–H and O–H groups in total. The minimum Gasteiger partial charge on any atom is -0.465 e. The lowest BCUT2D eigenvalue weighted by molar-refractivity contribution is 0.0600. The fraction of sp³-hybridized carbons (Fsp3) is 0.125. The largest absolute Gasteiger partial charge is 0.465 e. The number of Topliss-reactive ketones (excluding diaryl/α,β-unsaturated/α-hetero) is 1. The Balaban J connectivity index is 2.17. The van der Waals surface area contributed by atoms with E-state index in [0.29, 0.717) is 11.1 Å². The van der Waals surface area contributed by atoms with Crippen LogP contribution in [0.3, 0.4) is 0 Å². The van der Waals surface area contributed by atoms with E-state index in [2.05, 4.69) is 10.1 Å². The summed E-state index contributed by atoms with van der Waals surface area (Å²) in [6.07, 6.45) is 0. The van der Waals surface area contributed by atoms with Crippen LogP contribution in [0.15, 0.2) is 48.5 Å². The van der Waals surface area contributed by atoms with Gasteiger partial charge in [0.15, 0.2) is 5.78 Å². The number of nitrogens with one attached hydrogen (secondary N) is 1. The predicted molar refractivity (Wildman–Crippen MR) is 77.5 cm³/mol. The van der Waals surface area contributed by atoms with Crippen molar-refractivity contribution in [2.24, 2.45) is 0 Å². The molecule has 2 rings (SSSR count). The maximum Gasteiger partial charge on any atom is 0.337 e. The molecule has 2 aromatic carbocycles. The molecule has 0 aliphatic carbocycles. The Kier molecular flexibility index (Phi) is 4.15. The number of ether oxygens (including phenoxy) is 1. The van der Waals surface area contributed by atoms with Gasteiger partial charge in [0.1, 0.15) is 0 Å². The maximum atomic E-state index is 11.5. The molecule has 0 amide bonds. The number of carbonyl (C=O) groups is 2. The van der Waals surface area contributed by atoms with Crippen molar-refractivity contribution in [1.29, 1.82) is 0 Å². The zero-order chi connectivity index (χ0) is 14.5. The first-order valence-corrected chi connectivity index (χ1v) is 6.16. The van der Waals surface area contributed by atoms with Crippen LogP contribution in [-0.2, 0) is 4.74 Å². The summed E-state index contributed by atoms with van der Waals surface area (Å²) in [5.74, 6) is -0.343. The van der Waals surface area contributed by atoms with Crippen molar-refractivity contribution >= 4 is 23.1 Å². The van der Waals surface area contributed by atoms with E-state index in [-0.39, 0.29) is 11.8 Å². The summed E-state index contributed by atoms with van der Waals surface area (Å²) in [5, 5.41) is 3.17. The highest BCUT2D eigenvalue weighted by molar-refractivity contribution is 5.94. The van der Waals surface area contributed by atoms with Crippen LogP contribution in [0.5, 0.6) is 0 Å². The van der Waals surface area contributed by atoms with Crippen LogP contribution in [0.4, 0.5) is 11.4 Å². The Morgan fingerprint density at radius 3 is 2.25 bits per heavy atom. The molecule has 0 saturated heterocycles. The van der Waals surface area contributed by atoms with Gasteiger partial charge in [-0.2, -0.15) is 0 Å². The Hall–Kier alpha value is -2.62. The lowest BCUT2D eigenvalue weighted by Gasteiger charge is -2.08. The number of carbonyl (C=O) groups excluding carboxylic acids is 2. The molecule has 0 saturated carbocycles. The second-order valence-electron chi connectivity index (χ2n) is 4.33. The number of methoxy groups -OCH3 is 1. The van der Waals surface area contributed by atoms with Gasteiger partial charge in [-0.15, -0.1) is 0 Å². The molecule has 0 bridgehead atoms. The Labute approximate surface area is 117 Å². The van der Waals surface area contributed by atoms with Crippen molar-refractivity contribution in [3.05, 3.63) is 59.7 Å². The lowest BCUT2D eigenvalue weighted by Crippen LogP contribution is -2.01. The van der Waals surface area contributed by atoms with Gasteiger partial charge in [-0.3, -0.25) is 4.79 Å².